The average molecular weight is 284 g/mol. The van der Waals surface area contributed by atoms with Crippen LogP contribution in [-0.4, -0.2) is 26.8 Å². The highest BCUT2D eigenvalue weighted by Crippen LogP contribution is 2.35. The fraction of sp³-hybridized carbons (Fsp3) is 0.769. The molecule has 0 aliphatic carbocycles. The molecule has 0 atom stereocenters. The van der Waals surface area contributed by atoms with Gasteiger partial charge in [-0.1, -0.05) is 27.7 Å². The van der Waals surface area contributed by atoms with Gasteiger partial charge in [0, 0.05) is 18.5 Å². The fourth-order valence-corrected chi connectivity index (χ4v) is 1.91. The molecule has 20 heavy (non-hydrogen) atoms. The SMILES string of the molecule is CCC(N)(CC)COc1c([N+](=O)[O-])c(C(C)C)nn1C. The average Bonchev–Trinajstić information content (AvgIpc) is 2.73. The van der Waals surface area contributed by atoms with Crippen molar-refractivity contribution in [2.24, 2.45) is 12.8 Å². The van der Waals surface area contributed by atoms with E-state index in [0.29, 0.717) is 5.69 Å². The fourth-order valence-electron chi connectivity index (χ4n) is 1.91. The summed E-state index contributed by atoms with van der Waals surface area (Å²) in [6.07, 6.45) is 1.48. The predicted molar refractivity (Wildman–Crippen MR) is 76.9 cm³/mol. The smallest absolute Gasteiger partial charge is 0.353 e. The minimum absolute atomic E-state index is 0.0427. The molecule has 0 aliphatic rings. The lowest BCUT2D eigenvalue weighted by Crippen LogP contribution is -2.44. The lowest BCUT2D eigenvalue weighted by atomic mass is 9.96. The molecule has 0 spiro atoms. The zero-order chi connectivity index (χ0) is 15.5. The van der Waals surface area contributed by atoms with Crippen molar-refractivity contribution in [3.05, 3.63) is 15.8 Å². The Hall–Kier alpha value is -1.63. The van der Waals surface area contributed by atoms with Crippen molar-refractivity contribution in [1.82, 2.24) is 9.78 Å². The maximum atomic E-state index is 11.3. The molecule has 7 heteroatoms. The van der Waals surface area contributed by atoms with E-state index < -0.39 is 10.5 Å². The Labute approximate surface area is 119 Å². The summed E-state index contributed by atoms with van der Waals surface area (Å²) in [5.74, 6) is 0.134. The van der Waals surface area contributed by atoms with Crippen LogP contribution in [-0.2, 0) is 7.05 Å². The molecule has 0 bridgehead atoms. The number of nitrogens with zero attached hydrogens (tertiary/aromatic N) is 3. The predicted octanol–water partition coefficient (Wildman–Crippen LogP) is 2.35. The molecule has 7 nitrogen and oxygen atoms in total. The molecule has 1 aromatic rings. The molecular formula is C13H24N4O3. The van der Waals surface area contributed by atoms with Gasteiger partial charge in [-0.3, -0.25) is 10.1 Å². The van der Waals surface area contributed by atoms with Crippen LogP contribution in [0.15, 0.2) is 0 Å². The van der Waals surface area contributed by atoms with E-state index in [0.717, 1.165) is 12.8 Å². The summed E-state index contributed by atoms with van der Waals surface area (Å²) in [6, 6.07) is 0. The van der Waals surface area contributed by atoms with Crippen LogP contribution in [0.25, 0.3) is 0 Å². The molecule has 1 aromatic heterocycles. The quantitative estimate of drug-likeness (QED) is 0.612. The van der Waals surface area contributed by atoms with Gasteiger partial charge in [-0.2, -0.15) is 5.10 Å². The Morgan fingerprint density at radius 1 is 1.45 bits per heavy atom. The van der Waals surface area contributed by atoms with Crippen LogP contribution in [0.2, 0.25) is 0 Å². The summed E-state index contributed by atoms with van der Waals surface area (Å²) in [5, 5.41) is 15.5. The highest BCUT2D eigenvalue weighted by Gasteiger charge is 2.31. The van der Waals surface area contributed by atoms with Gasteiger partial charge in [-0.15, -0.1) is 0 Å². The van der Waals surface area contributed by atoms with Crippen LogP contribution in [0.5, 0.6) is 5.88 Å². The lowest BCUT2D eigenvalue weighted by Gasteiger charge is -2.26. The zero-order valence-electron chi connectivity index (χ0n) is 12.8. The summed E-state index contributed by atoms with van der Waals surface area (Å²) in [7, 11) is 1.64. The molecule has 0 unspecified atom stereocenters. The van der Waals surface area contributed by atoms with E-state index in [1.807, 2.05) is 27.7 Å². The van der Waals surface area contributed by atoms with Crippen LogP contribution < -0.4 is 10.5 Å². The highest BCUT2D eigenvalue weighted by atomic mass is 16.6. The Morgan fingerprint density at radius 3 is 2.40 bits per heavy atom. The Balaban J connectivity index is 3.09. The van der Waals surface area contributed by atoms with Gasteiger partial charge in [0.1, 0.15) is 12.3 Å². The summed E-state index contributed by atoms with van der Waals surface area (Å²) < 4.78 is 7.06. The largest absolute Gasteiger partial charge is 0.471 e. The first-order valence-corrected chi connectivity index (χ1v) is 6.88. The van der Waals surface area contributed by atoms with Gasteiger partial charge in [0.15, 0.2) is 0 Å². The third kappa shape index (κ3) is 3.27. The molecule has 1 rings (SSSR count). The number of aromatic nitrogens is 2. The second kappa shape index (κ2) is 6.21. The Kier molecular flexibility index (Phi) is 5.10. The second-order valence-electron chi connectivity index (χ2n) is 5.43. The van der Waals surface area contributed by atoms with Gasteiger partial charge in [0.25, 0.3) is 5.88 Å². The molecule has 0 saturated heterocycles. The van der Waals surface area contributed by atoms with Crippen LogP contribution in [0.3, 0.4) is 0 Å². The van der Waals surface area contributed by atoms with Crippen molar-refractivity contribution in [2.45, 2.75) is 52.0 Å². The van der Waals surface area contributed by atoms with Gasteiger partial charge >= 0.3 is 5.69 Å². The summed E-state index contributed by atoms with van der Waals surface area (Å²) in [5.41, 5.74) is 6.06. The lowest BCUT2D eigenvalue weighted by molar-refractivity contribution is -0.386. The van der Waals surface area contributed by atoms with Gasteiger partial charge < -0.3 is 10.5 Å². The Morgan fingerprint density at radius 2 is 2.00 bits per heavy atom. The molecule has 2 N–H and O–H groups in total. The van der Waals surface area contributed by atoms with Gasteiger partial charge in [0.05, 0.1) is 4.92 Å². The Bertz CT molecular complexity index is 478. The first kappa shape index (κ1) is 16.4. The first-order chi connectivity index (χ1) is 9.25. The van der Waals surface area contributed by atoms with E-state index in [1.54, 1.807) is 7.05 Å². The first-order valence-electron chi connectivity index (χ1n) is 6.88. The van der Waals surface area contributed by atoms with E-state index in [1.165, 1.54) is 4.68 Å². The van der Waals surface area contributed by atoms with Crippen LogP contribution in [0, 0.1) is 10.1 Å². The van der Waals surface area contributed by atoms with E-state index in [2.05, 4.69) is 5.10 Å². The minimum Gasteiger partial charge on any atom is -0.471 e. The van der Waals surface area contributed by atoms with E-state index in [-0.39, 0.29) is 24.1 Å². The third-order valence-corrected chi connectivity index (χ3v) is 3.63. The molecule has 1 heterocycles. The molecule has 0 saturated carbocycles. The molecule has 0 aliphatic heterocycles. The van der Waals surface area contributed by atoms with E-state index in [9.17, 15) is 10.1 Å². The van der Waals surface area contributed by atoms with Gasteiger partial charge in [-0.25, -0.2) is 4.68 Å². The maximum Gasteiger partial charge on any atom is 0.353 e. The van der Waals surface area contributed by atoms with E-state index in [4.69, 9.17) is 10.5 Å². The number of hydrogen-bond acceptors (Lipinski definition) is 5. The third-order valence-electron chi connectivity index (χ3n) is 3.63. The van der Waals surface area contributed by atoms with E-state index >= 15 is 0 Å². The monoisotopic (exact) mass is 284 g/mol. The minimum atomic E-state index is -0.476. The number of nitrogens with two attached hydrogens (primary N) is 1. The molecule has 114 valence electrons. The van der Waals surface area contributed by atoms with Crippen LogP contribution in [0.1, 0.15) is 52.1 Å². The van der Waals surface area contributed by atoms with Crippen LogP contribution in [0.4, 0.5) is 5.69 Å². The summed E-state index contributed by atoms with van der Waals surface area (Å²) in [6.45, 7) is 7.92. The van der Waals surface area contributed by atoms with Crippen molar-refractivity contribution < 1.29 is 9.66 Å². The van der Waals surface area contributed by atoms with Crippen molar-refractivity contribution in [3.63, 3.8) is 0 Å². The number of ether oxygens (including phenoxy) is 1. The highest BCUT2D eigenvalue weighted by molar-refractivity contribution is 5.47. The molecule has 0 radical (unpaired) electrons. The summed E-state index contributed by atoms with van der Waals surface area (Å²) in [4.78, 5) is 10.8. The topological polar surface area (TPSA) is 96.2 Å². The molecule has 0 fully saturated rings. The van der Waals surface area contributed by atoms with Crippen molar-refractivity contribution in [1.29, 1.82) is 0 Å². The summed E-state index contributed by atoms with van der Waals surface area (Å²) >= 11 is 0. The number of hydrogen-bond donors (Lipinski definition) is 1. The van der Waals surface area contributed by atoms with Crippen molar-refractivity contribution in [3.8, 4) is 5.88 Å². The van der Waals surface area contributed by atoms with Crippen molar-refractivity contribution in [2.75, 3.05) is 6.61 Å². The second-order valence-corrected chi connectivity index (χ2v) is 5.43. The zero-order valence-corrected chi connectivity index (χ0v) is 12.8. The van der Waals surface area contributed by atoms with Gasteiger partial charge in [0.2, 0.25) is 0 Å². The number of nitro groups is 1. The standard InChI is InChI=1S/C13H24N4O3/c1-6-13(14,7-2)8-20-12-11(17(18)19)10(9(3)4)15-16(12)5/h9H,6-8,14H2,1-5H3. The maximum absolute atomic E-state index is 11.3. The van der Waals surface area contributed by atoms with Crippen LogP contribution >= 0.6 is 0 Å². The molecular weight excluding hydrogens is 260 g/mol. The molecule has 0 amide bonds. The number of rotatable bonds is 7. The number of aryl methyl sites for hydroxylation is 1. The van der Waals surface area contributed by atoms with Crippen molar-refractivity contribution >= 4 is 5.69 Å². The normalized spacial score (nSPS) is 11.9. The van der Waals surface area contributed by atoms with Gasteiger partial charge in [-0.05, 0) is 12.8 Å². The molecule has 0 aromatic carbocycles.